The van der Waals surface area contributed by atoms with Crippen LogP contribution >= 0.6 is 0 Å². The second-order valence-corrected chi connectivity index (χ2v) is 4.74. The largest absolute Gasteiger partial charge is 0.462 e. The quantitative estimate of drug-likeness (QED) is 0.711. The highest BCUT2D eigenvalue weighted by Crippen LogP contribution is 2.20. The molecule has 0 fully saturated rings. The molecule has 0 atom stereocenters. The number of hydrogen-bond donors (Lipinski definition) is 1. The number of ether oxygens (including phenoxy) is 1. The van der Waals surface area contributed by atoms with Gasteiger partial charge in [-0.05, 0) is 13.8 Å². The monoisotopic (exact) mass is 311 g/mol. The molecule has 0 unspecified atom stereocenters. The van der Waals surface area contributed by atoms with Crippen molar-refractivity contribution >= 4 is 17.4 Å². The van der Waals surface area contributed by atoms with Gasteiger partial charge in [0.05, 0.1) is 19.0 Å². The molecule has 9 nitrogen and oxygen atoms in total. The SMILES string of the molecule is CCOC(=O)c1cnn(-c2cc(C)nc3c(C#N)cnn23)c1N. The fraction of sp³-hybridized carbons (Fsp3) is 0.214. The molecule has 3 aromatic heterocycles. The topological polar surface area (TPSA) is 124 Å². The maximum absolute atomic E-state index is 11.9. The van der Waals surface area contributed by atoms with Crippen molar-refractivity contribution < 1.29 is 9.53 Å². The summed E-state index contributed by atoms with van der Waals surface area (Å²) >= 11 is 0. The summed E-state index contributed by atoms with van der Waals surface area (Å²) in [5.74, 6) is 0.0582. The smallest absolute Gasteiger partial charge is 0.343 e. The Morgan fingerprint density at radius 1 is 1.43 bits per heavy atom. The number of aryl methyl sites for hydroxylation is 1. The Hall–Kier alpha value is -3.41. The molecule has 0 aliphatic rings. The highest BCUT2D eigenvalue weighted by Gasteiger charge is 2.20. The van der Waals surface area contributed by atoms with E-state index in [1.165, 1.54) is 21.6 Å². The lowest BCUT2D eigenvalue weighted by Gasteiger charge is -2.08. The highest BCUT2D eigenvalue weighted by molar-refractivity contribution is 5.94. The van der Waals surface area contributed by atoms with E-state index in [2.05, 4.69) is 15.2 Å². The van der Waals surface area contributed by atoms with Gasteiger partial charge in [-0.15, -0.1) is 0 Å². The van der Waals surface area contributed by atoms with Crippen LogP contribution < -0.4 is 5.73 Å². The first kappa shape index (κ1) is 14.5. The molecule has 2 N–H and O–H groups in total. The number of fused-ring (bicyclic) bond motifs is 1. The lowest BCUT2D eigenvalue weighted by atomic mass is 10.3. The molecule has 23 heavy (non-hydrogen) atoms. The molecule has 0 amide bonds. The maximum Gasteiger partial charge on any atom is 0.343 e. The molecule has 0 aromatic carbocycles. The zero-order valence-electron chi connectivity index (χ0n) is 12.5. The normalized spacial score (nSPS) is 10.7. The van der Waals surface area contributed by atoms with E-state index in [4.69, 9.17) is 15.7 Å². The van der Waals surface area contributed by atoms with Crippen LogP contribution in [0.5, 0.6) is 0 Å². The summed E-state index contributed by atoms with van der Waals surface area (Å²) in [5, 5.41) is 17.4. The van der Waals surface area contributed by atoms with E-state index in [0.717, 1.165) is 0 Å². The van der Waals surface area contributed by atoms with Crippen molar-refractivity contribution in [1.29, 1.82) is 5.26 Å². The van der Waals surface area contributed by atoms with Crippen molar-refractivity contribution in [1.82, 2.24) is 24.4 Å². The number of hydrogen-bond acceptors (Lipinski definition) is 7. The third-order valence-corrected chi connectivity index (χ3v) is 3.22. The Balaban J connectivity index is 2.20. The van der Waals surface area contributed by atoms with E-state index in [1.54, 1.807) is 19.9 Å². The van der Waals surface area contributed by atoms with Crippen molar-refractivity contribution in [2.75, 3.05) is 12.3 Å². The number of nitrogens with two attached hydrogens (primary N) is 1. The number of nitriles is 1. The first-order chi connectivity index (χ1) is 11.1. The minimum Gasteiger partial charge on any atom is -0.462 e. The van der Waals surface area contributed by atoms with Crippen LogP contribution in [0.2, 0.25) is 0 Å². The van der Waals surface area contributed by atoms with Crippen LogP contribution in [0.1, 0.15) is 28.5 Å². The van der Waals surface area contributed by atoms with Crippen molar-refractivity contribution in [2.24, 2.45) is 0 Å². The summed E-state index contributed by atoms with van der Waals surface area (Å²) in [6.45, 7) is 3.73. The standard InChI is InChI=1S/C14H13N7O2/c1-3-23-14(22)10-7-18-20(12(10)16)11-4-8(2)19-13-9(5-15)6-17-21(11)13/h4,6-7H,3,16H2,1-2H3. The Morgan fingerprint density at radius 3 is 2.91 bits per heavy atom. The molecular formula is C14H13N7O2. The Kier molecular flexibility index (Phi) is 3.42. The van der Waals surface area contributed by atoms with Gasteiger partial charge >= 0.3 is 5.97 Å². The predicted octanol–water partition coefficient (Wildman–Crippen LogP) is 0.854. The molecule has 116 valence electrons. The fourth-order valence-electron chi connectivity index (χ4n) is 2.20. The van der Waals surface area contributed by atoms with Gasteiger partial charge in [-0.25, -0.2) is 9.78 Å². The summed E-state index contributed by atoms with van der Waals surface area (Å²) < 4.78 is 7.75. The number of rotatable bonds is 3. The van der Waals surface area contributed by atoms with Crippen molar-refractivity contribution in [3.05, 3.63) is 35.3 Å². The lowest BCUT2D eigenvalue weighted by molar-refractivity contribution is 0.0527. The van der Waals surface area contributed by atoms with Gasteiger partial charge in [0, 0.05) is 11.8 Å². The molecule has 0 bridgehead atoms. The molecule has 0 spiro atoms. The summed E-state index contributed by atoms with van der Waals surface area (Å²) in [5.41, 5.74) is 7.59. The highest BCUT2D eigenvalue weighted by atomic mass is 16.5. The number of esters is 1. The lowest BCUT2D eigenvalue weighted by Crippen LogP contribution is -2.12. The second-order valence-electron chi connectivity index (χ2n) is 4.74. The summed E-state index contributed by atoms with van der Waals surface area (Å²) in [6, 6.07) is 3.74. The Morgan fingerprint density at radius 2 is 2.22 bits per heavy atom. The van der Waals surface area contributed by atoms with Crippen molar-refractivity contribution in [3.63, 3.8) is 0 Å². The molecule has 3 rings (SSSR count). The summed E-state index contributed by atoms with van der Waals surface area (Å²) in [4.78, 5) is 16.2. The molecule has 0 aliphatic carbocycles. The van der Waals surface area contributed by atoms with Crippen LogP contribution in [0.4, 0.5) is 5.82 Å². The molecular weight excluding hydrogens is 298 g/mol. The first-order valence-corrected chi connectivity index (χ1v) is 6.83. The zero-order chi connectivity index (χ0) is 16.6. The van der Waals surface area contributed by atoms with Gasteiger partial charge in [0.2, 0.25) is 0 Å². The minimum absolute atomic E-state index is 0.129. The number of nitrogen functional groups attached to an aromatic ring is 1. The molecule has 0 aliphatic heterocycles. The van der Waals surface area contributed by atoms with E-state index in [0.29, 0.717) is 22.7 Å². The van der Waals surface area contributed by atoms with Crippen LogP contribution in [0, 0.1) is 18.3 Å². The average molecular weight is 311 g/mol. The van der Waals surface area contributed by atoms with Crippen LogP contribution in [0.3, 0.4) is 0 Å². The molecule has 9 heteroatoms. The summed E-state index contributed by atoms with van der Waals surface area (Å²) in [6.07, 6.45) is 2.75. The van der Waals surface area contributed by atoms with Gasteiger partial charge in [-0.3, -0.25) is 0 Å². The van der Waals surface area contributed by atoms with Crippen LogP contribution in [-0.2, 0) is 4.74 Å². The van der Waals surface area contributed by atoms with Crippen LogP contribution in [-0.4, -0.2) is 37.0 Å². The maximum atomic E-state index is 11.9. The van der Waals surface area contributed by atoms with E-state index >= 15 is 0 Å². The number of nitrogens with zero attached hydrogens (tertiary/aromatic N) is 6. The van der Waals surface area contributed by atoms with Gasteiger partial charge in [0.25, 0.3) is 0 Å². The third-order valence-electron chi connectivity index (χ3n) is 3.22. The minimum atomic E-state index is -0.545. The van der Waals surface area contributed by atoms with Gasteiger partial charge in [-0.2, -0.15) is 24.7 Å². The van der Waals surface area contributed by atoms with E-state index in [-0.39, 0.29) is 18.0 Å². The number of carbonyl (C=O) groups is 1. The first-order valence-electron chi connectivity index (χ1n) is 6.83. The van der Waals surface area contributed by atoms with Crippen LogP contribution in [0.15, 0.2) is 18.5 Å². The van der Waals surface area contributed by atoms with Gasteiger partial charge in [-0.1, -0.05) is 0 Å². The third kappa shape index (κ3) is 2.26. The molecule has 3 aromatic rings. The number of carbonyl (C=O) groups excluding carboxylic acids is 1. The molecule has 0 saturated carbocycles. The number of aromatic nitrogens is 5. The zero-order valence-corrected chi connectivity index (χ0v) is 12.5. The van der Waals surface area contributed by atoms with Crippen molar-refractivity contribution in [3.8, 4) is 11.9 Å². The number of anilines is 1. The predicted molar refractivity (Wildman–Crippen MR) is 79.9 cm³/mol. The van der Waals surface area contributed by atoms with Gasteiger partial charge < -0.3 is 10.5 Å². The van der Waals surface area contributed by atoms with E-state index in [9.17, 15) is 4.79 Å². The Bertz CT molecular complexity index is 948. The second kappa shape index (κ2) is 5.42. The van der Waals surface area contributed by atoms with Crippen LogP contribution in [0.25, 0.3) is 11.5 Å². The van der Waals surface area contributed by atoms with E-state index < -0.39 is 5.97 Å². The van der Waals surface area contributed by atoms with Gasteiger partial charge in [0.1, 0.15) is 23.0 Å². The molecule has 0 saturated heterocycles. The Labute approximate surface area is 130 Å². The average Bonchev–Trinajstić information content (AvgIpc) is 3.10. The van der Waals surface area contributed by atoms with Gasteiger partial charge in [0.15, 0.2) is 11.5 Å². The fourth-order valence-corrected chi connectivity index (χ4v) is 2.20. The van der Waals surface area contributed by atoms with Crippen molar-refractivity contribution in [2.45, 2.75) is 13.8 Å². The molecule has 0 radical (unpaired) electrons. The molecule has 3 heterocycles. The summed E-state index contributed by atoms with van der Waals surface area (Å²) in [7, 11) is 0. The van der Waals surface area contributed by atoms with E-state index in [1.807, 2.05) is 6.07 Å².